The highest BCUT2D eigenvalue weighted by molar-refractivity contribution is 5.88. The Balaban J connectivity index is 1.34. The summed E-state index contributed by atoms with van der Waals surface area (Å²) >= 11 is 0. The van der Waals surface area contributed by atoms with Crippen LogP contribution in [-0.4, -0.2) is 72.7 Å². The molecule has 11 heteroatoms. The van der Waals surface area contributed by atoms with Crippen molar-refractivity contribution in [1.29, 1.82) is 0 Å². The molecule has 0 radical (unpaired) electrons. The van der Waals surface area contributed by atoms with E-state index < -0.39 is 0 Å². The number of para-hydroxylation sites is 1. The summed E-state index contributed by atoms with van der Waals surface area (Å²) in [6.07, 6.45) is 3.67. The Kier molecular flexibility index (Phi) is 7.64. The van der Waals surface area contributed by atoms with Gasteiger partial charge in [-0.2, -0.15) is 5.10 Å². The summed E-state index contributed by atoms with van der Waals surface area (Å²) in [5, 5.41) is 8.81. The number of rotatable bonds is 9. The molecule has 0 unspecified atom stereocenters. The zero-order valence-electron chi connectivity index (χ0n) is 21.4. The van der Waals surface area contributed by atoms with Crippen LogP contribution >= 0.6 is 0 Å². The number of hydrogen-bond donors (Lipinski definition) is 1. The minimum atomic E-state index is -0.285. The molecule has 1 saturated heterocycles. The molecule has 2 aromatic heterocycles. The second-order valence-electron chi connectivity index (χ2n) is 8.91. The highest BCUT2D eigenvalue weighted by Gasteiger charge is 2.24. The molecule has 5 rings (SSSR count). The van der Waals surface area contributed by atoms with E-state index in [0.29, 0.717) is 57.1 Å². The third-order valence-electron chi connectivity index (χ3n) is 6.67. The average molecular weight is 520 g/mol. The number of aromatic nitrogens is 4. The number of anilines is 2. The van der Waals surface area contributed by atoms with Gasteiger partial charge in [0.25, 0.3) is 0 Å². The molecule has 0 aliphatic carbocycles. The lowest BCUT2D eigenvalue weighted by atomic mass is 10.1. The molecular formula is C27H30FN7O3. The van der Waals surface area contributed by atoms with Crippen LogP contribution in [0.2, 0.25) is 0 Å². The number of ether oxygens (including phenoxy) is 2. The fourth-order valence-electron chi connectivity index (χ4n) is 4.71. The van der Waals surface area contributed by atoms with E-state index in [0.717, 1.165) is 28.1 Å². The molecule has 38 heavy (non-hydrogen) atoms. The van der Waals surface area contributed by atoms with Gasteiger partial charge in [0.15, 0.2) is 5.65 Å². The van der Waals surface area contributed by atoms with Crippen molar-refractivity contribution >= 4 is 28.5 Å². The van der Waals surface area contributed by atoms with Crippen molar-refractivity contribution in [1.82, 2.24) is 25.1 Å². The molecule has 3 heterocycles. The van der Waals surface area contributed by atoms with Gasteiger partial charge in [-0.15, -0.1) is 0 Å². The molecular weight excluding hydrogens is 489 g/mol. The Labute approximate surface area is 220 Å². The maximum Gasteiger partial charge on any atom is 0.306 e. The topological polar surface area (TPSA) is 97.6 Å². The minimum absolute atomic E-state index is 0.246. The van der Waals surface area contributed by atoms with Gasteiger partial charge in [0.2, 0.25) is 0 Å². The molecule has 10 nitrogen and oxygen atoms in total. The van der Waals surface area contributed by atoms with Gasteiger partial charge in [0, 0.05) is 45.3 Å². The summed E-state index contributed by atoms with van der Waals surface area (Å²) < 4.78 is 25.9. The summed E-state index contributed by atoms with van der Waals surface area (Å²) in [5.74, 6) is 0.945. The maximum absolute atomic E-state index is 13.9. The summed E-state index contributed by atoms with van der Waals surface area (Å²) in [5.41, 5.74) is 3.40. The van der Waals surface area contributed by atoms with E-state index in [9.17, 15) is 9.18 Å². The molecule has 0 bridgehead atoms. The zero-order chi connectivity index (χ0) is 26.5. The third kappa shape index (κ3) is 5.23. The van der Waals surface area contributed by atoms with Crippen LogP contribution in [0.4, 0.5) is 15.9 Å². The molecule has 1 fully saturated rings. The number of fused-ring (bicyclic) bond motifs is 1. The van der Waals surface area contributed by atoms with Crippen LogP contribution in [0, 0.1) is 5.82 Å². The number of carbonyl (C=O) groups is 1. The van der Waals surface area contributed by atoms with Crippen molar-refractivity contribution in [2.45, 2.75) is 13.0 Å². The zero-order valence-corrected chi connectivity index (χ0v) is 21.4. The predicted octanol–water partition coefficient (Wildman–Crippen LogP) is 2.94. The van der Waals surface area contributed by atoms with E-state index >= 15 is 0 Å². The van der Waals surface area contributed by atoms with Crippen LogP contribution in [0.15, 0.2) is 55.0 Å². The number of nitrogens with one attached hydrogen (secondary N) is 1. The molecule has 4 aromatic rings. The molecule has 0 saturated carbocycles. The molecule has 198 valence electrons. The van der Waals surface area contributed by atoms with Crippen molar-refractivity contribution in [3.8, 4) is 11.4 Å². The van der Waals surface area contributed by atoms with Gasteiger partial charge >= 0.3 is 5.97 Å². The molecule has 0 amide bonds. The van der Waals surface area contributed by atoms with Crippen LogP contribution in [0.1, 0.15) is 12.0 Å². The van der Waals surface area contributed by atoms with E-state index in [1.165, 1.54) is 19.2 Å². The van der Waals surface area contributed by atoms with Crippen molar-refractivity contribution in [2.24, 2.45) is 0 Å². The number of halogens is 1. The standard InChI is InChI=1S/C27H30FN7O3/c1-37-24-8-7-20(28)15-23(24)33-11-13-34(14-12-33)26-21-17-32-35(27(21)31-18-30-26)22-6-4-3-5-19(22)16-29-10-9-25(36)38-2/h3-8,15,17-18,29H,9-14,16H2,1-2H3. The third-order valence-corrected chi connectivity index (χ3v) is 6.67. The maximum atomic E-state index is 13.9. The van der Waals surface area contributed by atoms with Gasteiger partial charge in [0.1, 0.15) is 23.7 Å². The number of benzene rings is 2. The van der Waals surface area contributed by atoms with Gasteiger partial charge in [-0.1, -0.05) is 18.2 Å². The first kappa shape index (κ1) is 25.4. The Bertz CT molecular complexity index is 1420. The number of methoxy groups -OCH3 is 2. The first-order valence-corrected chi connectivity index (χ1v) is 12.5. The van der Waals surface area contributed by atoms with E-state index in [-0.39, 0.29) is 11.8 Å². The monoisotopic (exact) mass is 519 g/mol. The van der Waals surface area contributed by atoms with Crippen molar-refractivity contribution < 1.29 is 18.7 Å². The van der Waals surface area contributed by atoms with Crippen LogP contribution < -0.4 is 19.9 Å². The van der Waals surface area contributed by atoms with Gasteiger partial charge in [-0.3, -0.25) is 4.79 Å². The lowest BCUT2D eigenvalue weighted by Gasteiger charge is -2.37. The van der Waals surface area contributed by atoms with Crippen molar-refractivity contribution in [3.63, 3.8) is 0 Å². The fraction of sp³-hybridized carbons (Fsp3) is 0.333. The Morgan fingerprint density at radius 1 is 1.03 bits per heavy atom. The van der Waals surface area contributed by atoms with E-state index in [2.05, 4.69) is 30.2 Å². The van der Waals surface area contributed by atoms with Crippen LogP contribution in [-0.2, 0) is 16.1 Å². The highest BCUT2D eigenvalue weighted by atomic mass is 19.1. The van der Waals surface area contributed by atoms with Crippen LogP contribution in [0.5, 0.6) is 5.75 Å². The minimum Gasteiger partial charge on any atom is -0.495 e. The Morgan fingerprint density at radius 3 is 2.61 bits per heavy atom. The lowest BCUT2D eigenvalue weighted by molar-refractivity contribution is -0.140. The van der Waals surface area contributed by atoms with Gasteiger partial charge < -0.3 is 24.6 Å². The predicted molar refractivity (Wildman–Crippen MR) is 142 cm³/mol. The SMILES string of the molecule is COC(=O)CCNCc1ccccc1-n1ncc2c(N3CCN(c4cc(F)ccc4OC)CC3)ncnc21. The molecule has 1 aliphatic heterocycles. The van der Waals surface area contributed by atoms with E-state index in [4.69, 9.17) is 9.47 Å². The van der Waals surface area contributed by atoms with Gasteiger partial charge in [0.05, 0.1) is 43.6 Å². The first-order chi connectivity index (χ1) is 18.6. The normalized spacial score (nSPS) is 13.7. The van der Waals surface area contributed by atoms with Crippen LogP contribution in [0.25, 0.3) is 16.7 Å². The Morgan fingerprint density at radius 2 is 1.82 bits per heavy atom. The van der Waals surface area contributed by atoms with Crippen molar-refractivity contribution in [2.75, 3.05) is 56.7 Å². The fourth-order valence-corrected chi connectivity index (χ4v) is 4.71. The second kappa shape index (κ2) is 11.4. The number of esters is 1. The molecule has 1 N–H and O–H groups in total. The second-order valence-corrected chi connectivity index (χ2v) is 8.91. The molecule has 0 spiro atoms. The quantitative estimate of drug-likeness (QED) is 0.264. The van der Waals surface area contributed by atoms with Crippen LogP contribution in [0.3, 0.4) is 0 Å². The van der Waals surface area contributed by atoms with E-state index in [1.807, 2.05) is 28.9 Å². The highest BCUT2D eigenvalue weighted by Crippen LogP contribution is 2.31. The smallest absolute Gasteiger partial charge is 0.306 e. The summed E-state index contributed by atoms with van der Waals surface area (Å²) in [4.78, 5) is 24.9. The number of nitrogens with zero attached hydrogens (tertiary/aromatic N) is 6. The summed E-state index contributed by atoms with van der Waals surface area (Å²) in [6.45, 7) is 3.88. The number of hydrogen-bond acceptors (Lipinski definition) is 9. The molecule has 1 aliphatic rings. The molecule has 2 aromatic carbocycles. The Hall–Kier alpha value is -4.25. The first-order valence-electron chi connectivity index (χ1n) is 12.5. The number of piperazine rings is 1. The molecule has 0 atom stereocenters. The summed E-state index contributed by atoms with van der Waals surface area (Å²) in [6, 6.07) is 12.5. The van der Waals surface area contributed by atoms with E-state index in [1.54, 1.807) is 25.7 Å². The number of carbonyl (C=O) groups excluding carboxylic acids is 1. The lowest BCUT2D eigenvalue weighted by Crippen LogP contribution is -2.47. The van der Waals surface area contributed by atoms with Crippen molar-refractivity contribution in [3.05, 3.63) is 66.4 Å². The van der Waals surface area contributed by atoms with Gasteiger partial charge in [-0.05, 0) is 23.8 Å². The largest absolute Gasteiger partial charge is 0.495 e. The van der Waals surface area contributed by atoms with Gasteiger partial charge in [-0.25, -0.2) is 19.0 Å². The average Bonchev–Trinajstić information content (AvgIpc) is 3.40. The summed E-state index contributed by atoms with van der Waals surface area (Å²) in [7, 11) is 2.98.